The zero-order valence-electron chi connectivity index (χ0n) is 16.6. The number of aryl methyl sites for hydroxylation is 1. The summed E-state index contributed by atoms with van der Waals surface area (Å²) in [6, 6.07) is 16.8. The number of nitrogens with one attached hydrogen (secondary N) is 2. The molecule has 29 heavy (non-hydrogen) atoms. The Morgan fingerprint density at radius 2 is 1.72 bits per heavy atom. The van der Waals surface area contributed by atoms with E-state index in [4.69, 9.17) is 11.6 Å². The lowest BCUT2D eigenvalue weighted by Crippen LogP contribution is -2.23. The van der Waals surface area contributed by atoms with Crippen molar-refractivity contribution in [1.29, 1.82) is 0 Å². The zero-order chi connectivity index (χ0) is 21.0. The summed E-state index contributed by atoms with van der Waals surface area (Å²) in [6.07, 6.45) is 0. The summed E-state index contributed by atoms with van der Waals surface area (Å²) in [6.45, 7) is 5.77. The monoisotopic (exact) mass is 410 g/mol. The first kappa shape index (κ1) is 20.6. The summed E-state index contributed by atoms with van der Waals surface area (Å²) in [4.78, 5) is 24.4. The molecule has 7 heteroatoms. The second-order valence-electron chi connectivity index (χ2n) is 7.02. The second-order valence-corrected chi connectivity index (χ2v) is 7.38. The van der Waals surface area contributed by atoms with E-state index < -0.39 is 0 Å². The predicted molar refractivity (Wildman–Crippen MR) is 114 cm³/mol. The summed E-state index contributed by atoms with van der Waals surface area (Å²) in [5.41, 5.74) is 3.34. The SMILES string of the molecule is Cc1nn(-c2ccccc2)c(Cl)c1C(=O)NCc1ccc(NC(=O)C(C)C)cc1. The van der Waals surface area contributed by atoms with Gasteiger partial charge in [0, 0.05) is 18.2 Å². The number of aromatic nitrogens is 2. The Morgan fingerprint density at radius 3 is 2.34 bits per heavy atom. The van der Waals surface area contributed by atoms with E-state index in [9.17, 15) is 9.59 Å². The molecule has 1 aromatic heterocycles. The van der Waals surface area contributed by atoms with Crippen molar-refractivity contribution in [3.05, 3.63) is 76.6 Å². The Morgan fingerprint density at radius 1 is 1.07 bits per heavy atom. The first-order chi connectivity index (χ1) is 13.9. The number of nitrogens with zero attached hydrogens (tertiary/aromatic N) is 2. The number of carbonyl (C=O) groups is 2. The van der Waals surface area contributed by atoms with Crippen LogP contribution in [-0.2, 0) is 11.3 Å². The van der Waals surface area contributed by atoms with E-state index in [1.54, 1.807) is 11.6 Å². The summed E-state index contributed by atoms with van der Waals surface area (Å²) in [5, 5.41) is 10.4. The fraction of sp³-hybridized carbons (Fsp3) is 0.227. The molecule has 0 spiro atoms. The van der Waals surface area contributed by atoms with E-state index in [2.05, 4.69) is 15.7 Å². The van der Waals surface area contributed by atoms with E-state index in [1.807, 2.05) is 68.4 Å². The van der Waals surface area contributed by atoms with Gasteiger partial charge in [0.15, 0.2) is 0 Å². The van der Waals surface area contributed by atoms with E-state index in [0.29, 0.717) is 17.8 Å². The predicted octanol–water partition coefficient (Wildman–Crippen LogP) is 4.36. The number of rotatable bonds is 6. The number of carbonyl (C=O) groups excluding carboxylic acids is 2. The van der Waals surface area contributed by atoms with Gasteiger partial charge in [-0.25, -0.2) is 4.68 Å². The van der Waals surface area contributed by atoms with Crippen LogP contribution < -0.4 is 10.6 Å². The minimum atomic E-state index is -0.285. The van der Waals surface area contributed by atoms with Crippen LogP contribution in [0.3, 0.4) is 0 Å². The van der Waals surface area contributed by atoms with Crippen molar-refractivity contribution in [2.45, 2.75) is 27.3 Å². The quantitative estimate of drug-likeness (QED) is 0.634. The smallest absolute Gasteiger partial charge is 0.256 e. The molecule has 0 atom stereocenters. The number of hydrogen-bond acceptors (Lipinski definition) is 3. The van der Waals surface area contributed by atoms with Crippen LogP contribution in [0.15, 0.2) is 54.6 Å². The molecule has 0 saturated carbocycles. The van der Waals surface area contributed by atoms with Crippen molar-refractivity contribution >= 4 is 29.1 Å². The molecule has 2 N–H and O–H groups in total. The van der Waals surface area contributed by atoms with Gasteiger partial charge in [0.1, 0.15) is 5.15 Å². The van der Waals surface area contributed by atoms with Crippen LogP contribution in [0.5, 0.6) is 0 Å². The molecule has 0 radical (unpaired) electrons. The van der Waals surface area contributed by atoms with Crippen LogP contribution in [0.25, 0.3) is 5.69 Å². The molecule has 0 aliphatic carbocycles. The topological polar surface area (TPSA) is 76.0 Å². The third-order valence-electron chi connectivity index (χ3n) is 4.43. The lowest BCUT2D eigenvalue weighted by molar-refractivity contribution is -0.118. The molecule has 6 nitrogen and oxygen atoms in total. The number of hydrogen-bond donors (Lipinski definition) is 2. The van der Waals surface area contributed by atoms with Crippen molar-refractivity contribution in [1.82, 2.24) is 15.1 Å². The molecule has 2 aromatic carbocycles. The minimum Gasteiger partial charge on any atom is -0.348 e. The first-order valence-corrected chi connectivity index (χ1v) is 9.73. The third kappa shape index (κ3) is 4.84. The Hall–Kier alpha value is -3.12. The molecule has 0 aliphatic heterocycles. The molecular formula is C22H23ClN4O2. The Bertz CT molecular complexity index is 1010. The molecule has 3 rings (SSSR count). The van der Waals surface area contributed by atoms with Crippen LogP contribution in [0.2, 0.25) is 5.15 Å². The number of halogens is 1. The highest BCUT2D eigenvalue weighted by Crippen LogP contribution is 2.23. The van der Waals surface area contributed by atoms with E-state index in [0.717, 1.165) is 16.9 Å². The maximum Gasteiger partial charge on any atom is 0.256 e. The number of benzene rings is 2. The lowest BCUT2D eigenvalue weighted by atomic mass is 10.1. The van der Waals surface area contributed by atoms with Crippen molar-refractivity contribution in [2.75, 3.05) is 5.32 Å². The van der Waals surface area contributed by atoms with Gasteiger partial charge in [-0.3, -0.25) is 9.59 Å². The highest BCUT2D eigenvalue weighted by Gasteiger charge is 2.20. The van der Waals surface area contributed by atoms with Crippen LogP contribution in [0.4, 0.5) is 5.69 Å². The molecule has 3 aromatic rings. The van der Waals surface area contributed by atoms with Gasteiger partial charge >= 0.3 is 0 Å². The molecule has 0 aliphatic rings. The average molecular weight is 411 g/mol. The number of para-hydroxylation sites is 1. The molecule has 0 fully saturated rings. The standard InChI is InChI=1S/C22H23ClN4O2/c1-14(2)21(28)25-17-11-9-16(10-12-17)13-24-22(29)19-15(3)26-27(20(19)23)18-7-5-4-6-8-18/h4-12,14H,13H2,1-3H3,(H,24,29)(H,25,28). The summed E-state index contributed by atoms with van der Waals surface area (Å²) in [7, 11) is 0. The fourth-order valence-corrected chi connectivity index (χ4v) is 3.12. The second kappa shape index (κ2) is 8.92. The molecule has 2 amide bonds. The molecule has 150 valence electrons. The van der Waals surface area contributed by atoms with Gasteiger partial charge in [-0.1, -0.05) is 55.8 Å². The van der Waals surface area contributed by atoms with Gasteiger partial charge in [-0.05, 0) is 36.8 Å². The highest BCUT2D eigenvalue weighted by molar-refractivity contribution is 6.33. The Balaban J connectivity index is 1.67. The minimum absolute atomic E-state index is 0.0356. The third-order valence-corrected chi connectivity index (χ3v) is 4.78. The average Bonchev–Trinajstić information content (AvgIpc) is 3.02. The first-order valence-electron chi connectivity index (χ1n) is 9.35. The van der Waals surface area contributed by atoms with E-state index in [1.165, 1.54) is 0 Å². The lowest BCUT2D eigenvalue weighted by Gasteiger charge is -2.09. The normalized spacial score (nSPS) is 10.8. The van der Waals surface area contributed by atoms with Crippen LogP contribution in [0.1, 0.15) is 35.5 Å². The van der Waals surface area contributed by atoms with Gasteiger partial charge in [0.05, 0.1) is 16.9 Å². The highest BCUT2D eigenvalue weighted by atomic mass is 35.5. The summed E-state index contributed by atoms with van der Waals surface area (Å²) in [5.74, 6) is -0.405. The molecule has 0 unspecified atom stereocenters. The van der Waals surface area contributed by atoms with Crippen LogP contribution >= 0.6 is 11.6 Å². The zero-order valence-corrected chi connectivity index (χ0v) is 17.3. The summed E-state index contributed by atoms with van der Waals surface area (Å²) >= 11 is 6.43. The molecular weight excluding hydrogens is 388 g/mol. The fourth-order valence-electron chi connectivity index (χ4n) is 2.76. The van der Waals surface area contributed by atoms with E-state index >= 15 is 0 Å². The maximum atomic E-state index is 12.7. The molecule has 1 heterocycles. The van der Waals surface area contributed by atoms with Gasteiger partial charge in [-0.15, -0.1) is 0 Å². The molecule has 0 bridgehead atoms. The van der Waals surface area contributed by atoms with Crippen LogP contribution in [0, 0.1) is 12.8 Å². The Kier molecular flexibility index (Phi) is 6.34. The van der Waals surface area contributed by atoms with Crippen LogP contribution in [-0.4, -0.2) is 21.6 Å². The summed E-state index contributed by atoms with van der Waals surface area (Å²) < 4.78 is 1.55. The van der Waals surface area contributed by atoms with Crippen molar-refractivity contribution < 1.29 is 9.59 Å². The van der Waals surface area contributed by atoms with Crippen molar-refractivity contribution in [3.63, 3.8) is 0 Å². The number of amides is 2. The van der Waals surface area contributed by atoms with Crippen molar-refractivity contribution in [2.24, 2.45) is 5.92 Å². The van der Waals surface area contributed by atoms with Gasteiger partial charge in [0.2, 0.25) is 5.91 Å². The van der Waals surface area contributed by atoms with E-state index in [-0.39, 0.29) is 22.9 Å². The maximum absolute atomic E-state index is 12.7. The largest absolute Gasteiger partial charge is 0.348 e. The number of anilines is 1. The van der Waals surface area contributed by atoms with Gasteiger partial charge < -0.3 is 10.6 Å². The van der Waals surface area contributed by atoms with Gasteiger partial charge in [0.25, 0.3) is 5.91 Å². The van der Waals surface area contributed by atoms with Gasteiger partial charge in [-0.2, -0.15) is 5.10 Å². The Labute approximate surface area is 174 Å². The molecule has 0 saturated heterocycles. The van der Waals surface area contributed by atoms with Crippen molar-refractivity contribution in [3.8, 4) is 5.69 Å².